The first-order valence-electron chi connectivity index (χ1n) is 10.3. The van der Waals surface area contributed by atoms with Gasteiger partial charge in [0.2, 0.25) is 5.03 Å². The van der Waals surface area contributed by atoms with Crippen LogP contribution in [0.25, 0.3) is 0 Å². The molecule has 1 saturated heterocycles. The lowest BCUT2D eigenvalue weighted by atomic mass is 10.2. The maximum absolute atomic E-state index is 13.4. The van der Waals surface area contributed by atoms with E-state index in [1.807, 2.05) is 37.3 Å². The van der Waals surface area contributed by atoms with Gasteiger partial charge in [-0.15, -0.1) is 0 Å². The van der Waals surface area contributed by atoms with E-state index in [4.69, 9.17) is 11.6 Å². The summed E-state index contributed by atoms with van der Waals surface area (Å²) in [6.45, 7) is 3.94. The number of hydrogen-bond donors (Lipinski definition) is 1. The highest BCUT2D eigenvalue weighted by molar-refractivity contribution is 7.89. The summed E-state index contributed by atoms with van der Waals surface area (Å²) in [5.74, 6) is -0.505. The zero-order valence-corrected chi connectivity index (χ0v) is 19.2. The monoisotopic (exact) mass is 473 g/mol. The van der Waals surface area contributed by atoms with Crippen molar-refractivity contribution in [3.8, 4) is 0 Å². The topological polar surface area (TPSA) is 87.5 Å². The third kappa shape index (κ3) is 4.64. The first kappa shape index (κ1) is 22.3. The highest BCUT2D eigenvalue weighted by Gasteiger charge is 2.34. The lowest BCUT2D eigenvalue weighted by Gasteiger charge is -2.35. The van der Waals surface area contributed by atoms with Crippen LogP contribution in [-0.4, -0.2) is 54.6 Å². The van der Waals surface area contributed by atoms with Crippen molar-refractivity contribution in [2.75, 3.05) is 36.4 Å². The third-order valence-electron chi connectivity index (χ3n) is 5.34. The van der Waals surface area contributed by atoms with Crippen molar-refractivity contribution in [2.24, 2.45) is 0 Å². The fourth-order valence-electron chi connectivity index (χ4n) is 3.59. The van der Waals surface area contributed by atoms with Crippen molar-refractivity contribution in [1.29, 1.82) is 0 Å². The smallest absolute Gasteiger partial charge is 0.263 e. The Kier molecular flexibility index (Phi) is 6.50. The highest BCUT2D eigenvalue weighted by atomic mass is 35.5. The molecule has 4 rings (SSSR count). The largest absolute Gasteiger partial charge is 0.369 e. The number of rotatable bonds is 6. The third-order valence-corrected chi connectivity index (χ3v) is 7.43. The number of nitrogens with one attached hydrogen (secondary N) is 1. The maximum atomic E-state index is 13.4. The summed E-state index contributed by atoms with van der Waals surface area (Å²) in [6, 6.07) is 16.4. The summed E-state index contributed by atoms with van der Waals surface area (Å²) in [4.78, 5) is 15.0. The number of carbonyl (C=O) groups excluding carboxylic acids is 1. The van der Waals surface area contributed by atoms with Gasteiger partial charge in [-0.1, -0.05) is 29.8 Å². The van der Waals surface area contributed by atoms with Gasteiger partial charge in [0.25, 0.3) is 15.9 Å². The van der Waals surface area contributed by atoms with Gasteiger partial charge in [-0.3, -0.25) is 9.48 Å². The predicted molar refractivity (Wildman–Crippen MR) is 125 cm³/mol. The fraction of sp³-hybridized carbons (Fsp3) is 0.273. The van der Waals surface area contributed by atoms with Crippen molar-refractivity contribution in [3.63, 3.8) is 0 Å². The summed E-state index contributed by atoms with van der Waals surface area (Å²) < 4.78 is 29.7. The van der Waals surface area contributed by atoms with Crippen LogP contribution in [0.5, 0.6) is 0 Å². The quantitative estimate of drug-likeness (QED) is 0.593. The lowest BCUT2D eigenvalue weighted by molar-refractivity contribution is 0.102. The minimum atomic E-state index is -3.94. The normalized spacial score (nSPS) is 15.0. The number of sulfonamides is 1. The van der Waals surface area contributed by atoms with Gasteiger partial charge in [0.05, 0.1) is 5.56 Å². The molecule has 168 valence electrons. The Bertz CT molecular complexity index is 1190. The first-order valence-corrected chi connectivity index (χ1v) is 12.1. The summed E-state index contributed by atoms with van der Waals surface area (Å²) in [7, 11) is -3.94. The molecule has 0 unspecified atom stereocenters. The van der Waals surface area contributed by atoms with E-state index in [1.54, 1.807) is 24.3 Å². The number of carbonyl (C=O) groups is 1. The molecule has 0 radical (unpaired) electrons. The fourth-order valence-corrected chi connectivity index (χ4v) is 5.24. The number of para-hydroxylation sites is 1. The van der Waals surface area contributed by atoms with Crippen LogP contribution in [0.15, 0.2) is 65.8 Å². The summed E-state index contributed by atoms with van der Waals surface area (Å²) in [5.41, 5.74) is 1.61. The summed E-state index contributed by atoms with van der Waals surface area (Å²) in [6.07, 6.45) is 1.48. The van der Waals surface area contributed by atoms with E-state index in [0.29, 0.717) is 43.4 Å². The van der Waals surface area contributed by atoms with E-state index in [-0.39, 0.29) is 10.6 Å². The van der Waals surface area contributed by atoms with Crippen molar-refractivity contribution in [3.05, 3.63) is 71.4 Å². The van der Waals surface area contributed by atoms with Crippen LogP contribution in [0.4, 0.5) is 11.4 Å². The van der Waals surface area contributed by atoms with Crippen molar-refractivity contribution < 1.29 is 13.2 Å². The first-order chi connectivity index (χ1) is 15.4. The second-order valence-electron chi connectivity index (χ2n) is 7.39. The Morgan fingerprint density at radius 1 is 1.03 bits per heavy atom. The van der Waals surface area contributed by atoms with Crippen LogP contribution in [0.3, 0.4) is 0 Å². The molecule has 1 fully saturated rings. The maximum Gasteiger partial charge on any atom is 0.263 e. The minimum absolute atomic E-state index is 0.0378. The molecule has 1 aliphatic heterocycles. The van der Waals surface area contributed by atoms with Crippen LogP contribution in [-0.2, 0) is 16.6 Å². The highest BCUT2D eigenvalue weighted by Crippen LogP contribution is 2.24. The van der Waals surface area contributed by atoms with Gasteiger partial charge in [-0.05, 0) is 43.3 Å². The zero-order valence-electron chi connectivity index (χ0n) is 17.6. The molecule has 2 heterocycles. The Morgan fingerprint density at radius 2 is 1.69 bits per heavy atom. The molecule has 0 saturated carbocycles. The standard InChI is InChI=1S/C22H24ClN5O3S/c1-2-27-16-20(21(29)24-18-6-4-3-5-7-18)22(25-27)32(30,31)28-14-12-26(13-15-28)19-10-8-17(23)9-11-19/h3-11,16H,2,12-15H2,1H3,(H,24,29). The van der Waals surface area contributed by atoms with Gasteiger partial charge >= 0.3 is 0 Å². The number of amides is 1. The molecular formula is C22H24ClN5O3S. The van der Waals surface area contributed by atoms with Gasteiger partial charge in [-0.2, -0.15) is 9.40 Å². The van der Waals surface area contributed by atoms with Gasteiger partial charge in [0.1, 0.15) is 0 Å². The molecule has 3 aromatic rings. The molecule has 2 aromatic carbocycles. The van der Waals surface area contributed by atoms with E-state index in [0.717, 1.165) is 5.69 Å². The van der Waals surface area contributed by atoms with Gasteiger partial charge in [-0.25, -0.2) is 8.42 Å². The van der Waals surface area contributed by atoms with Gasteiger partial charge in [0.15, 0.2) is 0 Å². The van der Waals surface area contributed by atoms with Crippen LogP contribution >= 0.6 is 11.6 Å². The van der Waals surface area contributed by atoms with Crippen LogP contribution in [0, 0.1) is 0 Å². The molecule has 1 amide bonds. The van der Waals surface area contributed by atoms with Gasteiger partial charge < -0.3 is 10.2 Å². The number of halogens is 1. The Morgan fingerprint density at radius 3 is 2.31 bits per heavy atom. The zero-order chi connectivity index (χ0) is 22.7. The molecule has 1 aromatic heterocycles. The van der Waals surface area contributed by atoms with Crippen LogP contribution in [0.2, 0.25) is 5.02 Å². The van der Waals surface area contributed by atoms with E-state index in [1.165, 1.54) is 15.2 Å². The van der Waals surface area contributed by atoms with E-state index >= 15 is 0 Å². The van der Waals surface area contributed by atoms with E-state index in [2.05, 4.69) is 15.3 Å². The molecule has 8 nitrogen and oxygen atoms in total. The SMILES string of the molecule is CCn1cc(C(=O)Nc2ccccc2)c(S(=O)(=O)N2CCN(c3ccc(Cl)cc3)CC2)n1. The second kappa shape index (κ2) is 9.32. The summed E-state index contributed by atoms with van der Waals surface area (Å²) >= 11 is 5.96. The molecule has 1 aliphatic rings. The predicted octanol–water partition coefficient (Wildman–Crippen LogP) is 3.32. The number of aryl methyl sites for hydroxylation is 1. The number of nitrogens with zero attached hydrogens (tertiary/aromatic N) is 4. The van der Waals surface area contributed by atoms with E-state index < -0.39 is 15.9 Å². The number of piperazine rings is 1. The molecule has 0 bridgehead atoms. The average Bonchev–Trinajstić information content (AvgIpc) is 3.26. The summed E-state index contributed by atoms with van der Waals surface area (Å²) in [5, 5.41) is 7.41. The molecular weight excluding hydrogens is 450 g/mol. The molecule has 0 spiro atoms. The number of hydrogen-bond acceptors (Lipinski definition) is 5. The number of aromatic nitrogens is 2. The Balaban J connectivity index is 1.54. The Labute approximate surface area is 192 Å². The van der Waals surface area contributed by atoms with Crippen LogP contribution in [0.1, 0.15) is 17.3 Å². The average molecular weight is 474 g/mol. The molecule has 10 heteroatoms. The van der Waals surface area contributed by atoms with Crippen molar-refractivity contribution in [1.82, 2.24) is 14.1 Å². The van der Waals surface area contributed by atoms with Crippen molar-refractivity contribution >= 4 is 38.9 Å². The van der Waals surface area contributed by atoms with Crippen LogP contribution < -0.4 is 10.2 Å². The molecule has 0 atom stereocenters. The lowest BCUT2D eigenvalue weighted by Crippen LogP contribution is -2.49. The van der Waals surface area contributed by atoms with Crippen molar-refractivity contribution in [2.45, 2.75) is 18.5 Å². The Hall–Kier alpha value is -2.88. The van der Waals surface area contributed by atoms with Gasteiger partial charge in [0, 0.05) is 55.3 Å². The minimum Gasteiger partial charge on any atom is -0.369 e. The molecule has 0 aliphatic carbocycles. The number of benzene rings is 2. The second-order valence-corrected chi connectivity index (χ2v) is 9.68. The molecule has 32 heavy (non-hydrogen) atoms. The molecule has 1 N–H and O–H groups in total. The number of anilines is 2. The van der Waals surface area contributed by atoms with E-state index in [9.17, 15) is 13.2 Å².